The molecule has 1 aliphatic heterocycles. The molecule has 0 aromatic heterocycles. The van der Waals surface area contributed by atoms with Crippen LogP contribution in [-0.4, -0.2) is 23.5 Å². The molecule has 0 saturated heterocycles. The minimum atomic E-state index is 0.204. The van der Waals surface area contributed by atoms with Crippen molar-refractivity contribution in [3.63, 3.8) is 0 Å². The van der Waals surface area contributed by atoms with Crippen molar-refractivity contribution >= 4 is 11.5 Å². The molecular formula is C14H19NO2. The van der Waals surface area contributed by atoms with Crippen LogP contribution in [0.5, 0.6) is 5.75 Å². The van der Waals surface area contributed by atoms with Crippen molar-refractivity contribution in [2.24, 2.45) is 0 Å². The number of rotatable bonds is 3. The first-order valence-corrected chi connectivity index (χ1v) is 6.08. The molecule has 17 heavy (non-hydrogen) atoms. The number of phenols is 1. The van der Waals surface area contributed by atoms with Gasteiger partial charge in [-0.25, -0.2) is 0 Å². The van der Waals surface area contributed by atoms with E-state index >= 15 is 0 Å². The highest BCUT2D eigenvalue weighted by molar-refractivity contribution is 5.78. The average molecular weight is 233 g/mol. The molecule has 3 heteroatoms. The fraction of sp³-hybridized carbons (Fsp3) is 0.500. The van der Waals surface area contributed by atoms with E-state index in [2.05, 4.69) is 18.7 Å². The van der Waals surface area contributed by atoms with Crippen molar-refractivity contribution < 1.29 is 9.90 Å². The number of carbonyl (C=O) groups is 1. The van der Waals surface area contributed by atoms with Crippen LogP contribution in [0.3, 0.4) is 0 Å². The van der Waals surface area contributed by atoms with Crippen molar-refractivity contribution in [3.8, 4) is 5.75 Å². The van der Waals surface area contributed by atoms with Gasteiger partial charge in [-0.15, -0.1) is 0 Å². The van der Waals surface area contributed by atoms with E-state index in [4.69, 9.17) is 0 Å². The number of phenolic OH excluding ortho intramolecular Hbond substituents is 1. The molecule has 0 fully saturated rings. The van der Waals surface area contributed by atoms with Gasteiger partial charge in [0.2, 0.25) is 0 Å². The second-order valence-electron chi connectivity index (χ2n) is 5.09. The molecule has 1 aliphatic rings. The van der Waals surface area contributed by atoms with Gasteiger partial charge >= 0.3 is 0 Å². The van der Waals surface area contributed by atoms with Crippen LogP contribution in [0.4, 0.5) is 5.69 Å². The molecule has 1 heterocycles. The van der Waals surface area contributed by atoms with Gasteiger partial charge in [0.25, 0.3) is 0 Å². The summed E-state index contributed by atoms with van der Waals surface area (Å²) in [5.74, 6) is 0.704. The van der Waals surface area contributed by atoms with Gasteiger partial charge in [0, 0.05) is 30.6 Å². The molecular weight excluding hydrogens is 214 g/mol. The van der Waals surface area contributed by atoms with Gasteiger partial charge in [-0.05, 0) is 44.5 Å². The van der Waals surface area contributed by atoms with Crippen LogP contribution in [0.2, 0.25) is 0 Å². The standard InChI is InChI=1S/C14H19NO2/c1-9(2)15-8-11(6-10(3)16)13-7-12(17)4-5-14(13)15/h4-5,7,9,11,17H,6,8H2,1-3H3. The second kappa shape index (κ2) is 4.40. The zero-order chi connectivity index (χ0) is 12.6. The molecule has 92 valence electrons. The summed E-state index contributed by atoms with van der Waals surface area (Å²) in [6.07, 6.45) is 0.555. The van der Waals surface area contributed by atoms with Gasteiger partial charge in [-0.1, -0.05) is 0 Å². The molecule has 1 aromatic carbocycles. The predicted molar refractivity (Wildman–Crippen MR) is 68.6 cm³/mol. The molecule has 0 aliphatic carbocycles. The van der Waals surface area contributed by atoms with Gasteiger partial charge in [-0.3, -0.25) is 0 Å². The molecule has 2 rings (SSSR count). The van der Waals surface area contributed by atoms with Crippen molar-refractivity contribution in [1.29, 1.82) is 0 Å². The lowest BCUT2D eigenvalue weighted by molar-refractivity contribution is -0.117. The van der Waals surface area contributed by atoms with Crippen LogP contribution in [-0.2, 0) is 4.79 Å². The summed E-state index contributed by atoms with van der Waals surface area (Å²) in [4.78, 5) is 13.6. The van der Waals surface area contributed by atoms with Crippen LogP contribution < -0.4 is 4.90 Å². The predicted octanol–water partition coefficient (Wildman–Crippen LogP) is 2.68. The van der Waals surface area contributed by atoms with Crippen LogP contribution in [0.25, 0.3) is 0 Å². The SMILES string of the molecule is CC(=O)CC1CN(C(C)C)c2ccc(O)cc21. The Morgan fingerprint density at radius 1 is 1.53 bits per heavy atom. The summed E-state index contributed by atoms with van der Waals surface area (Å²) >= 11 is 0. The number of fused-ring (bicyclic) bond motifs is 1. The third kappa shape index (κ3) is 2.28. The Kier molecular flexibility index (Phi) is 3.09. The second-order valence-corrected chi connectivity index (χ2v) is 5.09. The minimum Gasteiger partial charge on any atom is -0.508 e. The molecule has 0 saturated carbocycles. The summed E-state index contributed by atoms with van der Waals surface area (Å²) < 4.78 is 0. The number of hydrogen-bond donors (Lipinski definition) is 1. The Morgan fingerprint density at radius 2 is 2.24 bits per heavy atom. The van der Waals surface area contributed by atoms with Crippen LogP contribution >= 0.6 is 0 Å². The largest absolute Gasteiger partial charge is 0.508 e. The maximum Gasteiger partial charge on any atom is 0.130 e. The van der Waals surface area contributed by atoms with Gasteiger partial charge in [-0.2, -0.15) is 0 Å². The summed E-state index contributed by atoms with van der Waals surface area (Å²) in [6.45, 7) is 6.79. The number of benzene rings is 1. The highest BCUT2D eigenvalue weighted by atomic mass is 16.3. The van der Waals surface area contributed by atoms with Gasteiger partial charge < -0.3 is 14.8 Å². The molecule has 3 nitrogen and oxygen atoms in total. The Balaban J connectivity index is 2.37. The number of aromatic hydroxyl groups is 1. The monoisotopic (exact) mass is 233 g/mol. The van der Waals surface area contributed by atoms with E-state index in [-0.39, 0.29) is 17.5 Å². The molecule has 0 amide bonds. The number of anilines is 1. The molecule has 0 spiro atoms. The van der Waals surface area contributed by atoms with Crippen LogP contribution in [0.1, 0.15) is 38.7 Å². The highest BCUT2D eigenvalue weighted by Crippen LogP contribution is 2.40. The first-order chi connectivity index (χ1) is 7.99. The summed E-state index contributed by atoms with van der Waals surface area (Å²) in [7, 11) is 0. The van der Waals surface area contributed by atoms with Gasteiger partial charge in [0.1, 0.15) is 11.5 Å². The lowest BCUT2D eigenvalue weighted by Gasteiger charge is -2.24. The van der Waals surface area contributed by atoms with Gasteiger partial charge in [0.15, 0.2) is 0 Å². The highest BCUT2D eigenvalue weighted by Gasteiger charge is 2.30. The Labute approximate surface area is 102 Å². The molecule has 1 aromatic rings. The van der Waals surface area contributed by atoms with E-state index in [0.717, 1.165) is 17.8 Å². The molecule has 0 bridgehead atoms. The van der Waals surface area contributed by atoms with E-state index in [1.165, 1.54) is 0 Å². The zero-order valence-electron chi connectivity index (χ0n) is 10.6. The molecule has 0 radical (unpaired) electrons. The third-order valence-corrected chi connectivity index (χ3v) is 3.33. The number of nitrogens with zero attached hydrogens (tertiary/aromatic N) is 1. The minimum absolute atomic E-state index is 0.204. The number of ketones is 1. The Hall–Kier alpha value is -1.51. The number of hydrogen-bond acceptors (Lipinski definition) is 3. The fourth-order valence-corrected chi connectivity index (χ4v) is 2.58. The van der Waals surface area contributed by atoms with E-state index in [9.17, 15) is 9.90 Å². The maximum absolute atomic E-state index is 11.3. The van der Waals surface area contributed by atoms with Crippen molar-refractivity contribution in [2.45, 2.75) is 39.2 Å². The third-order valence-electron chi connectivity index (χ3n) is 3.33. The van der Waals surface area contributed by atoms with E-state index < -0.39 is 0 Å². The van der Waals surface area contributed by atoms with Crippen LogP contribution in [0.15, 0.2) is 18.2 Å². The zero-order valence-corrected chi connectivity index (χ0v) is 10.6. The lowest BCUT2D eigenvalue weighted by atomic mass is 9.96. The first-order valence-electron chi connectivity index (χ1n) is 6.08. The van der Waals surface area contributed by atoms with E-state index in [1.807, 2.05) is 6.07 Å². The van der Waals surface area contributed by atoms with E-state index in [1.54, 1.807) is 19.1 Å². The quantitative estimate of drug-likeness (QED) is 0.872. The maximum atomic E-state index is 11.3. The van der Waals surface area contributed by atoms with Crippen LogP contribution in [0, 0.1) is 0 Å². The average Bonchev–Trinajstić information content (AvgIpc) is 2.56. The first kappa shape index (κ1) is 12.0. The molecule has 1 atom stereocenters. The smallest absolute Gasteiger partial charge is 0.130 e. The number of Topliss-reactive ketones (excluding diaryl/α,β-unsaturated/α-hetero) is 1. The summed E-state index contributed by atoms with van der Waals surface area (Å²) in [5, 5.41) is 9.57. The van der Waals surface area contributed by atoms with E-state index in [0.29, 0.717) is 12.5 Å². The summed E-state index contributed by atoms with van der Waals surface area (Å²) in [6, 6.07) is 5.87. The lowest BCUT2D eigenvalue weighted by Crippen LogP contribution is -2.29. The number of carbonyl (C=O) groups excluding carboxylic acids is 1. The Morgan fingerprint density at radius 3 is 2.82 bits per heavy atom. The molecule has 1 N–H and O–H groups in total. The normalized spacial score (nSPS) is 18.6. The Bertz CT molecular complexity index is 440. The van der Waals surface area contributed by atoms with Crippen molar-refractivity contribution in [3.05, 3.63) is 23.8 Å². The van der Waals surface area contributed by atoms with Gasteiger partial charge in [0.05, 0.1) is 0 Å². The summed E-state index contributed by atoms with van der Waals surface area (Å²) in [5.41, 5.74) is 2.26. The fourth-order valence-electron chi connectivity index (χ4n) is 2.58. The van der Waals surface area contributed by atoms with Crippen molar-refractivity contribution in [1.82, 2.24) is 0 Å². The van der Waals surface area contributed by atoms with Crippen molar-refractivity contribution in [2.75, 3.05) is 11.4 Å². The molecule has 1 unspecified atom stereocenters. The topological polar surface area (TPSA) is 40.5 Å².